The number of fused-ring (bicyclic) bond motifs is 10. The maximum atomic E-state index is 2.45. The molecule has 328 valence electrons. The van der Waals surface area contributed by atoms with E-state index in [2.05, 4.69) is 289 Å². The molecule has 14 rings (SSSR count). The minimum Gasteiger partial charge on any atom is -0.311 e. The van der Waals surface area contributed by atoms with Crippen LogP contribution in [0.15, 0.2) is 279 Å². The van der Waals surface area contributed by atoms with Crippen LogP contribution in [-0.4, -0.2) is 0 Å². The fraction of sp³-hybridized carbons (Fsp3) is 0.0294. The molecule has 4 aliphatic rings. The van der Waals surface area contributed by atoms with Crippen molar-refractivity contribution in [1.82, 2.24) is 0 Å². The third kappa shape index (κ3) is 5.80. The molecule has 0 radical (unpaired) electrons. The smallest absolute Gasteiger partial charge is 0.0720 e. The zero-order valence-corrected chi connectivity index (χ0v) is 38.5. The van der Waals surface area contributed by atoms with E-state index in [0.29, 0.717) is 0 Å². The number of para-hydroxylation sites is 2. The van der Waals surface area contributed by atoms with Crippen LogP contribution < -0.4 is 9.80 Å². The first-order chi connectivity index (χ1) is 34.7. The van der Waals surface area contributed by atoms with Gasteiger partial charge in [0.05, 0.1) is 10.8 Å². The lowest BCUT2D eigenvalue weighted by Crippen LogP contribution is -2.43. The Morgan fingerprint density at radius 1 is 0.214 bits per heavy atom. The second-order valence-electron chi connectivity index (χ2n) is 18.7. The highest BCUT2D eigenvalue weighted by molar-refractivity contribution is 5.99. The zero-order valence-electron chi connectivity index (χ0n) is 38.5. The van der Waals surface area contributed by atoms with Gasteiger partial charge in [0.1, 0.15) is 0 Å². The van der Waals surface area contributed by atoms with Gasteiger partial charge < -0.3 is 9.80 Å². The lowest BCUT2D eigenvalue weighted by molar-refractivity contribution is 0.632. The van der Waals surface area contributed by atoms with E-state index in [-0.39, 0.29) is 0 Å². The van der Waals surface area contributed by atoms with Crippen LogP contribution in [0.1, 0.15) is 44.5 Å². The van der Waals surface area contributed by atoms with Gasteiger partial charge in [-0.25, -0.2) is 0 Å². The Balaban J connectivity index is 0.927. The van der Waals surface area contributed by atoms with E-state index in [1.165, 1.54) is 77.9 Å². The maximum Gasteiger partial charge on any atom is 0.0720 e. The summed E-state index contributed by atoms with van der Waals surface area (Å²) in [6.07, 6.45) is 0. The van der Waals surface area contributed by atoms with E-state index in [4.69, 9.17) is 0 Å². The Labute approximate surface area is 409 Å². The van der Waals surface area contributed by atoms with Gasteiger partial charge in [-0.1, -0.05) is 206 Å². The number of hydrogen-bond acceptors (Lipinski definition) is 2. The quantitative estimate of drug-likeness (QED) is 0.142. The van der Waals surface area contributed by atoms with Crippen LogP contribution in [0, 0.1) is 0 Å². The number of benzene rings is 11. The lowest BCUT2D eigenvalue weighted by atomic mass is 9.52. The summed E-state index contributed by atoms with van der Waals surface area (Å²) in [7, 11) is 0. The van der Waals surface area contributed by atoms with Crippen molar-refractivity contribution in [2.45, 2.75) is 10.8 Å². The van der Waals surface area contributed by atoms with Gasteiger partial charge in [0.2, 0.25) is 0 Å². The molecular formula is C68H46N2. The monoisotopic (exact) mass is 890 g/mol. The summed E-state index contributed by atoms with van der Waals surface area (Å²) in [6.45, 7) is 0. The Morgan fingerprint density at radius 3 is 1.11 bits per heavy atom. The molecule has 0 amide bonds. The lowest BCUT2D eigenvalue weighted by Gasteiger charge is -2.49. The summed E-state index contributed by atoms with van der Waals surface area (Å²) in [6, 6.07) is 103. The molecule has 0 bridgehead atoms. The molecule has 10 aromatic rings. The van der Waals surface area contributed by atoms with Crippen molar-refractivity contribution in [2.75, 3.05) is 9.80 Å². The van der Waals surface area contributed by atoms with Crippen LogP contribution in [0.5, 0.6) is 0 Å². The Kier molecular flexibility index (Phi) is 9.06. The van der Waals surface area contributed by atoms with Gasteiger partial charge in [-0.05, 0) is 151 Å². The predicted molar refractivity (Wildman–Crippen MR) is 289 cm³/mol. The van der Waals surface area contributed by atoms with Crippen molar-refractivity contribution < 1.29 is 0 Å². The molecule has 0 saturated carbocycles. The minimum atomic E-state index is -0.547. The molecule has 0 saturated heterocycles. The second kappa shape index (κ2) is 15.8. The van der Waals surface area contributed by atoms with Crippen molar-refractivity contribution >= 4 is 34.1 Å². The summed E-state index contributed by atoms with van der Waals surface area (Å²) in [5.74, 6) is 0. The van der Waals surface area contributed by atoms with Crippen LogP contribution in [0.4, 0.5) is 34.1 Å². The van der Waals surface area contributed by atoms with Gasteiger partial charge in [-0.2, -0.15) is 0 Å². The SMILES string of the molecule is c1ccc(-c2ccc(N(c3ccccc3)c3ccc(N(c4ccccc4)c4ccc5c(c4)-c4ccccc4C54c5ccccc5C(c5ccccc5)(c5c6cccc5-6)c5ccccc54)cc3)cc2)cc1. The molecule has 0 fully saturated rings. The third-order valence-electron chi connectivity index (χ3n) is 15.3. The molecule has 0 atom stereocenters. The van der Waals surface area contributed by atoms with Gasteiger partial charge in [-0.3, -0.25) is 0 Å². The molecule has 4 aliphatic carbocycles. The summed E-state index contributed by atoms with van der Waals surface area (Å²) in [4.78, 5) is 4.74. The molecule has 0 unspecified atom stereocenters. The highest BCUT2D eigenvalue weighted by Crippen LogP contribution is 2.68. The molecule has 0 heterocycles. The standard InChI is InChI=1S/C68H46N2/c1-5-20-47(21-6-1)48-36-38-52(39-37-48)69(50-24-9-3-10-25-50)53-40-42-54(43-41-53)70(51-26-11-4-12-27-51)55-44-45-61-59(46-55)56-28-13-14-31-60(56)68(61)64-34-17-15-32-62(64)67(49-22-7-2-8-23-49,63-33-16-18-35-65(63)68)66-57-29-19-30-58(57)66/h1-46H. The van der Waals surface area contributed by atoms with Gasteiger partial charge in [0.15, 0.2) is 0 Å². The normalized spacial score (nSPS) is 16.4. The Bertz CT molecular complexity index is 3680. The fourth-order valence-electron chi connectivity index (χ4n) is 12.4. The van der Waals surface area contributed by atoms with E-state index in [1.54, 1.807) is 0 Å². The molecule has 0 aliphatic heterocycles. The number of anilines is 6. The first-order valence-electron chi connectivity index (χ1n) is 24.3. The molecule has 2 heteroatoms. The van der Waals surface area contributed by atoms with Gasteiger partial charge in [-0.15, -0.1) is 0 Å². The zero-order chi connectivity index (χ0) is 46.2. The van der Waals surface area contributed by atoms with Crippen LogP contribution >= 0.6 is 0 Å². The first kappa shape index (κ1) is 40.1. The average molecular weight is 891 g/mol. The molecule has 1 spiro atoms. The second-order valence-corrected chi connectivity index (χ2v) is 18.7. The molecular weight excluding hydrogens is 845 g/mol. The number of rotatable bonds is 9. The number of hydrogen-bond donors (Lipinski definition) is 0. The van der Waals surface area contributed by atoms with Crippen LogP contribution in [-0.2, 0) is 10.8 Å². The summed E-state index contributed by atoms with van der Waals surface area (Å²) in [5, 5.41) is 0. The predicted octanol–water partition coefficient (Wildman–Crippen LogP) is 17.3. The van der Waals surface area contributed by atoms with Crippen molar-refractivity contribution in [1.29, 1.82) is 0 Å². The fourth-order valence-corrected chi connectivity index (χ4v) is 12.4. The number of nitrogens with zero attached hydrogens (tertiary/aromatic N) is 2. The third-order valence-corrected chi connectivity index (χ3v) is 15.3. The summed E-state index contributed by atoms with van der Waals surface area (Å²) < 4.78 is 0. The highest BCUT2D eigenvalue weighted by atomic mass is 15.2. The first-order valence-corrected chi connectivity index (χ1v) is 24.3. The molecule has 2 nitrogen and oxygen atoms in total. The van der Waals surface area contributed by atoms with Crippen LogP contribution in [0.3, 0.4) is 0 Å². The topological polar surface area (TPSA) is 6.48 Å². The summed E-state index contributed by atoms with van der Waals surface area (Å²) >= 11 is 0. The highest BCUT2D eigenvalue weighted by Gasteiger charge is 2.59. The van der Waals surface area contributed by atoms with Crippen molar-refractivity contribution in [3.8, 4) is 33.4 Å². The van der Waals surface area contributed by atoms with E-state index < -0.39 is 10.8 Å². The average Bonchev–Trinajstić information content (AvgIpc) is 3.75. The van der Waals surface area contributed by atoms with Gasteiger partial charge >= 0.3 is 0 Å². The largest absolute Gasteiger partial charge is 0.311 e. The van der Waals surface area contributed by atoms with Gasteiger partial charge in [0, 0.05) is 34.1 Å². The van der Waals surface area contributed by atoms with Crippen molar-refractivity contribution in [3.63, 3.8) is 0 Å². The van der Waals surface area contributed by atoms with Crippen LogP contribution in [0.25, 0.3) is 33.4 Å². The molecule has 0 aromatic heterocycles. The maximum absolute atomic E-state index is 2.45. The van der Waals surface area contributed by atoms with E-state index in [9.17, 15) is 0 Å². The van der Waals surface area contributed by atoms with E-state index in [1.807, 2.05) is 0 Å². The van der Waals surface area contributed by atoms with Gasteiger partial charge in [0.25, 0.3) is 0 Å². The Morgan fingerprint density at radius 2 is 0.571 bits per heavy atom. The summed E-state index contributed by atoms with van der Waals surface area (Å²) in [5.41, 5.74) is 24.0. The molecule has 10 aromatic carbocycles. The van der Waals surface area contributed by atoms with Crippen molar-refractivity contribution in [2.24, 2.45) is 0 Å². The van der Waals surface area contributed by atoms with E-state index in [0.717, 1.165) is 34.1 Å². The Hall–Kier alpha value is -8.98. The molecule has 70 heavy (non-hydrogen) atoms. The van der Waals surface area contributed by atoms with Crippen molar-refractivity contribution in [3.05, 3.63) is 324 Å². The minimum absolute atomic E-state index is 0.471. The van der Waals surface area contributed by atoms with Crippen LogP contribution in [0.2, 0.25) is 0 Å². The molecule has 0 N–H and O–H groups in total. The van der Waals surface area contributed by atoms with E-state index >= 15 is 0 Å².